The molecule has 0 saturated carbocycles. The highest BCUT2D eigenvalue weighted by atomic mass is 35.5. The molecule has 0 saturated heterocycles. The lowest BCUT2D eigenvalue weighted by Crippen LogP contribution is -2.63. The van der Waals surface area contributed by atoms with Crippen molar-refractivity contribution in [3.8, 4) is 0 Å². The maximum Gasteiger partial charge on any atom is 0.336 e. The lowest BCUT2D eigenvalue weighted by atomic mass is 9.90. The molecule has 3 aromatic carbocycles. The molecular formula is C36H45ClN2O5Si. The smallest absolute Gasteiger partial charge is 0.336 e. The van der Waals surface area contributed by atoms with Crippen molar-refractivity contribution < 1.29 is 24.2 Å². The number of aromatic carboxylic acids is 1. The largest absolute Gasteiger partial charge is 0.478 e. The lowest BCUT2D eigenvalue weighted by molar-refractivity contribution is 0.0468. The SMILES string of the molecule is C=c1ccc2c(c1)[Si](C)(C)c1cc(N(C)C)ccc1C=2c1ccc(C(=O)NCCOCCOCCCCCCCl)cc1C(=O)O. The fraction of sp³-hybridized carbons (Fsp3) is 0.389. The molecule has 0 atom stereocenters. The number of alkyl halides is 1. The number of carboxylic acids is 1. The monoisotopic (exact) mass is 648 g/mol. The van der Waals surface area contributed by atoms with Crippen LogP contribution in [0.15, 0.2) is 54.6 Å². The lowest BCUT2D eigenvalue weighted by Gasteiger charge is -2.34. The number of carbonyl (C=O) groups excluding carboxylic acids is 1. The Morgan fingerprint density at radius 2 is 1.58 bits per heavy atom. The minimum Gasteiger partial charge on any atom is -0.478 e. The van der Waals surface area contributed by atoms with E-state index in [1.54, 1.807) is 12.1 Å². The summed E-state index contributed by atoms with van der Waals surface area (Å²) in [6.45, 7) is 11.1. The van der Waals surface area contributed by atoms with Crippen molar-refractivity contribution in [3.05, 3.63) is 87.3 Å². The van der Waals surface area contributed by atoms with Crippen LogP contribution in [0.25, 0.3) is 12.2 Å². The summed E-state index contributed by atoms with van der Waals surface area (Å²) in [5.74, 6) is -0.726. The summed E-state index contributed by atoms with van der Waals surface area (Å²) in [7, 11) is 1.89. The molecule has 0 radical (unpaired) electrons. The molecular weight excluding hydrogens is 604 g/mol. The van der Waals surface area contributed by atoms with Gasteiger partial charge in [0.05, 0.1) is 25.4 Å². The van der Waals surface area contributed by atoms with Gasteiger partial charge in [0, 0.05) is 44.4 Å². The fourth-order valence-corrected chi connectivity index (χ4v) is 9.14. The van der Waals surface area contributed by atoms with E-state index in [1.165, 1.54) is 16.4 Å². The third kappa shape index (κ3) is 8.24. The Kier molecular flexibility index (Phi) is 12.0. The van der Waals surface area contributed by atoms with Crippen molar-refractivity contribution in [1.82, 2.24) is 5.32 Å². The number of carbonyl (C=O) groups is 2. The van der Waals surface area contributed by atoms with Gasteiger partial charge in [-0.3, -0.25) is 4.79 Å². The average Bonchev–Trinajstić information content (AvgIpc) is 3.01. The molecule has 0 fully saturated rings. The van der Waals surface area contributed by atoms with Crippen molar-refractivity contribution in [2.24, 2.45) is 0 Å². The molecule has 1 aliphatic rings. The minimum atomic E-state index is -2.15. The van der Waals surface area contributed by atoms with Crippen LogP contribution < -0.4 is 31.0 Å². The molecule has 45 heavy (non-hydrogen) atoms. The summed E-state index contributed by atoms with van der Waals surface area (Å²) < 4.78 is 11.2. The molecule has 1 aliphatic heterocycles. The first-order chi connectivity index (χ1) is 21.6. The standard InChI is InChI=1S/C36H45ClN2O5Si/c1-25-10-13-29-32(22-25)45(4,5)33-24-27(39(2)3)12-15-30(33)34(29)28-14-11-26(23-31(28)36(41)42)35(40)38-17-19-44-21-20-43-18-9-7-6-8-16-37/h10-15,22-24H,1,6-9,16-21H2,2-5H3,(H,38,40)(H,41,42). The predicted octanol–water partition coefficient (Wildman–Crippen LogP) is 3.81. The van der Waals surface area contributed by atoms with Crippen LogP contribution in [0.4, 0.5) is 5.69 Å². The average molecular weight is 649 g/mol. The number of fused-ring (bicyclic) bond motifs is 2. The Morgan fingerprint density at radius 3 is 2.29 bits per heavy atom. The summed E-state index contributed by atoms with van der Waals surface area (Å²) in [4.78, 5) is 27.8. The zero-order valence-electron chi connectivity index (χ0n) is 26.9. The van der Waals surface area contributed by atoms with E-state index in [2.05, 4.69) is 60.2 Å². The van der Waals surface area contributed by atoms with Gasteiger partial charge >= 0.3 is 5.97 Å². The third-order valence-corrected chi connectivity index (χ3v) is 12.1. The van der Waals surface area contributed by atoms with E-state index in [4.69, 9.17) is 21.1 Å². The van der Waals surface area contributed by atoms with E-state index < -0.39 is 14.0 Å². The molecule has 9 heteroatoms. The van der Waals surface area contributed by atoms with Crippen LogP contribution in [0.2, 0.25) is 13.1 Å². The number of benzene rings is 3. The second kappa shape index (κ2) is 15.7. The molecule has 2 N–H and O–H groups in total. The summed E-state index contributed by atoms with van der Waals surface area (Å²) in [6, 6.07) is 17.5. The van der Waals surface area contributed by atoms with Gasteiger partial charge in [0.15, 0.2) is 0 Å². The van der Waals surface area contributed by atoms with E-state index in [-0.39, 0.29) is 17.0 Å². The molecule has 0 unspecified atom stereocenters. The van der Waals surface area contributed by atoms with Gasteiger partial charge in [-0.1, -0.05) is 62.8 Å². The molecule has 0 aliphatic carbocycles. The van der Waals surface area contributed by atoms with Gasteiger partial charge in [-0.25, -0.2) is 4.79 Å². The number of halogens is 1. The quantitative estimate of drug-likeness (QED) is 0.140. The molecule has 1 heterocycles. The highest BCUT2D eigenvalue weighted by Gasteiger charge is 2.36. The van der Waals surface area contributed by atoms with Gasteiger partial charge in [0.1, 0.15) is 8.07 Å². The van der Waals surface area contributed by atoms with Gasteiger partial charge in [-0.05, 0) is 74.6 Å². The van der Waals surface area contributed by atoms with Crippen LogP contribution in [0, 0.1) is 0 Å². The Balaban J connectivity index is 1.52. The normalized spacial score (nSPS) is 13.2. The Labute approximate surface area is 272 Å². The first-order valence-corrected chi connectivity index (χ1v) is 19.1. The Morgan fingerprint density at radius 1 is 0.867 bits per heavy atom. The zero-order chi connectivity index (χ0) is 32.6. The maximum atomic E-state index is 13.0. The number of rotatable bonds is 16. The van der Waals surface area contributed by atoms with Gasteiger partial charge in [-0.15, -0.1) is 11.6 Å². The van der Waals surface area contributed by atoms with Crippen LogP contribution in [-0.4, -0.2) is 78.0 Å². The van der Waals surface area contributed by atoms with Gasteiger partial charge in [-0.2, -0.15) is 0 Å². The second-order valence-electron chi connectivity index (χ2n) is 12.2. The van der Waals surface area contributed by atoms with Crippen molar-refractivity contribution >= 4 is 59.8 Å². The topological polar surface area (TPSA) is 88.1 Å². The fourth-order valence-electron chi connectivity index (χ4n) is 5.85. The number of carboxylic acid groups (broad SMARTS) is 1. The number of ether oxygens (including phenoxy) is 2. The summed E-state index contributed by atoms with van der Waals surface area (Å²) >= 11 is 5.69. The zero-order valence-corrected chi connectivity index (χ0v) is 28.6. The Bertz CT molecular complexity index is 1640. The van der Waals surface area contributed by atoms with E-state index in [9.17, 15) is 14.7 Å². The van der Waals surface area contributed by atoms with E-state index in [0.717, 1.165) is 52.9 Å². The Hall–Kier alpha value is -3.43. The highest BCUT2D eigenvalue weighted by Crippen LogP contribution is 2.29. The minimum absolute atomic E-state index is 0.0855. The van der Waals surface area contributed by atoms with Crippen molar-refractivity contribution in [1.29, 1.82) is 0 Å². The van der Waals surface area contributed by atoms with Gasteiger partial charge in [0.25, 0.3) is 5.91 Å². The van der Waals surface area contributed by atoms with Crippen LogP contribution >= 0.6 is 11.6 Å². The van der Waals surface area contributed by atoms with E-state index in [1.807, 2.05) is 20.2 Å². The summed E-state index contributed by atoms with van der Waals surface area (Å²) in [5.41, 5.74) is 3.96. The molecule has 0 bridgehead atoms. The first kappa shape index (κ1) is 34.4. The number of hydrogen-bond acceptors (Lipinski definition) is 5. The van der Waals surface area contributed by atoms with Crippen LogP contribution in [-0.2, 0) is 9.47 Å². The predicted molar refractivity (Wildman–Crippen MR) is 187 cm³/mol. The van der Waals surface area contributed by atoms with Crippen molar-refractivity contribution in [3.63, 3.8) is 0 Å². The number of unbranched alkanes of at least 4 members (excludes halogenated alkanes) is 3. The molecule has 0 aromatic heterocycles. The van der Waals surface area contributed by atoms with Crippen LogP contribution in [0.1, 0.15) is 57.5 Å². The number of amides is 1. The second-order valence-corrected chi connectivity index (χ2v) is 16.9. The third-order valence-electron chi connectivity index (χ3n) is 8.35. The van der Waals surface area contributed by atoms with Crippen molar-refractivity contribution in [2.45, 2.75) is 38.8 Å². The van der Waals surface area contributed by atoms with Crippen molar-refractivity contribution in [2.75, 3.05) is 57.8 Å². The molecule has 1 amide bonds. The van der Waals surface area contributed by atoms with Crippen LogP contribution in [0.3, 0.4) is 0 Å². The highest BCUT2D eigenvalue weighted by molar-refractivity contribution is 7.01. The number of hydrogen-bond donors (Lipinski definition) is 2. The number of nitrogens with one attached hydrogen (secondary N) is 1. The first-order valence-electron chi connectivity index (χ1n) is 15.6. The summed E-state index contributed by atoms with van der Waals surface area (Å²) in [5, 5.41) is 17.6. The molecule has 3 aromatic rings. The van der Waals surface area contributed by atoms with E-state index in [0.29, 0.717) is 44.4 Å². The molecule has 240 valence electrons. The van der Waals surface area contributed by atoms with Gasteiger partial charge in [0.2, 0.25) is 0 Å². The van der Waals surface area contributed by atoms with Crippen LogP contribution in [0.5, 0.6) is 0 Å². The number of nitrogens with zero attached hydrogens (tertiary/aromatic N) is 1. The number of anilines is 1. The maximum absolute atomic E-state index is 13.0. The summed E-state index contributed by atoms with van der Waals surface area (Å²) in [6.07, 6.45) is 4.28. The van der Waals surface area contributed by atoms with Gasteiger partial charge < -0.3 is 24.8 Å². The molecule has 0 spiro atoms. The van der Waals surface area contributed by atoms with E-state index >= 15 is 0 Å². The molecule has 4 rings (SSSR count). The molecule has 7 nitrogen and oxygen atoms in total.